The molecule has 7 nitrogen and oxygen atoms in total. The van der Waals surface area contributed by atoms with Crippen LogP contribution in [0.3, 0.4) is 0 Å². The van der Waals surface area contributed by atoms with Crippen molar-refractivity contribution in [2.75, 3.05) is 10.6 Å². The second kappa shape index (κ2) is 7.86. The first kappa shape index (κ1) is 20.6. The Kier molecular flexibility index (Phi) is 5.22. The standard InChI is InChI=1S/C21H17F3N4O3/c22-21(23,24)15-8-13(9-17-14(15)10-25-28-17)26-19(30)6-4-18(29)12-1-3-16-11(7-12)2-5-20(31)27-16/h1,3,7-10H,2,4-6H2,(H,25,28)(H,26,30)(H,27,31). The normalized spacial score (nSPS) is 13.6. The quantitative estimate of drug-likeness (QED) is 0.531. The lowest BCUT2D eigenvalue weighted by Gasteiger charge is -2.17. The first-order chi connectivity index (χ1) is 14.7. The molecule has 0 aliphatic carbocycles. The molecule has 2 amide bonds. The molecule has 2 heterocycles. The number of nitrogens with one attached hydrogen (secondary N) is 3. The summed E-state index contributed by atoms with van der Waals surface area (Å²) in [5, 5.41) is 11.1. The van der Waals surface area contributed by atoms with Crippen molar-refractivity contribution in [1.82, 2.24) is 10.2 Å². The zero-order chi connectivity index (χ0) is 22.2. The van der Waals surface area contributed by atoms with E-state index in [1.54, 1.807) is 18.2 Å². The van der Waals surface area contributed by atoms with Crippen LogP contribution in [-0.4, -0.2) is 27.8 Å². The van der Waals surface area contributed by atoms with Gasteiger partial charge in [0.05, 0.1) is 17.3 Å². The van der Waals surface area contributed by atoms with E-state index in [0.29, 0.717) is 24.1 Å². The van der Waals surface area contributed by atoms with Crippen LogP contribution in [0.4, 0.5) is 24.5 Å². The lowest BCUT2D eigenvalue weighted by molar-refractivity contribution is -0.136. The van der Waals surface area contributed by atoms with Crippen molar-refractivity contribution in [2.45, 2.75) is 31.9 Å². The number of H-pyrrole nitrogens is 1. The van der Waals surface area contributed by atoms with Crippen LogP contribution in [0.1, 0.15) is 40.7 Å². The van der Waals surface area contributed by atoms with E-state index in [1.165, 1.54) is 6.07 Å². The number of hydrogen-bond donors (Lipinski definition) is 3. The molecule has 2 aromatic carbocycles. The van der Waals surface area contributed by atoms with Gasteiger partial charge in [-0.1, -0.05) is 0 Å². The number of Topliss-reactive ketones (excluding diaryl/α,β-unsaturated/α-hetero) is 1. The molecule has 0 radical (unpaired) electrons. The van der Waals surface area contributed by atoms with Crippen molar-refractivity contribution in [3.8, 4) is 0 Å². The van der Waals surface area contributed by atoms with E-state index in [0.717, 1.165) is 17.8 Å². The molecule has 1 aromatic heterocycles. The summed E-state index contributed by atoms with van der Waals surface area (Å²) in [7, 11) is 0. The number of rotatable bonds is 5. The number of carbonyl (C=O) groups is 3. The zero-order valence-corrected chi connectivity index (χ0v) is 16.1. The van der Waals surface area contributed by atoms with E-state index >= 15 is 0 Å². The van der Waals surface area contributed by atoms with Crippen molar-refractivity contribution in [1.29, 1.82) is 0 Å². The summed E-state index contributed by atoms with van der Waals surface area (Å²) in [6.45, 7) is 0. The molecule has 4 rings (SSSR count). The van der Waals surface area contributed by atoms with Gasteiger partial charge in [0, 0.05) is 41.6 Å². The molecule has 0 spiro atoms. The van der Waals surface area contributed by atoms with Gasteiger partial charge in [0.15, 0.2) is 5.78 Å². The van der Waals surface area contributed by atoms with Gasteiger partial charge in [-0.05, 0) is 42.3 Å². The highest BCUT2D eigenvalue weighted by Crippen LogP contribution is 2.36. The Morgan fingerprint density at radius 3 is 2.68 bits per heavy atom. The van der Waals surface area contributed by atoms with Crippen LogP contribution in [0, 0.1) is 0 Å². The van der Waals surface area contributed by atoms with Gasteiger partial charge in [-0.2, -0.15) is 18.3 Å². The van der Waals surface area contributed by atoms with Gasteiger partial charge in [0.25, 0.3) is 0 Å². The van der Waals surface area contributed by atoms with Crippen LogP contribution in [0.15, 0.2) is 36.5 Å². The van der Waals surface area contributed by atoms with Crippen LogP contribution < -0.4 is 10.6 Å². The number of nitrogens with zero attached hydrogens (tertiary/aromatic N) is 1. The number of anilines is 2. The summed E-state index contributed by atoms with van der Waals surface area (Å²) in [5.41, 5.74) is 1.13. The van der Waals surface area contributed by atoms with Crippen molar-refractivity contribution < 1.29 is 27.6 Å². The Morgan fingerprint density at radius 1 is 1.10 bits per heavy atom. The van der Waals surface area contributed by atoms with Crippen LogP contribution in [0.25, 0.3) is 10.9 Å². The SMILES string of the molecule is O=C(CCC(=O)c1ccc2c(c1)CCC(=O)N2)Nc1cc(C(F)(F)F)c2cn[nH]c2c1. The summed E-state index contributed by atoms with van der Waals surface area (Å²) in [6.07, 6.45) is -2.95. The van der Waals surface area contributed by atoms with Crippen LogP contribution in [-0.2, 0) is 22.2 Å². The molecule has 1 aliphatic rings. The minimum Gasteiger partial charge on any atom is -0.326 e. The Labute approximate surface area is 174 Å². The minimum absolute atomic E-state index is 0.0361. The van der Waals surface area contributed by atoms with Crippen LogP contribution in [0.2, 0.25) is 0 Å². The Hall–Kier alpha value is -3.69. The van der Waals surface area contributed by atoms with E-state index in [2.05, 4.69) is 20.8 Å². The number of aromatic nitrogens is 2. The van der Waals surface area contributed by atoms with E-state index in [-0.39, 0.29) is 41.1 Å². The second-order valence-corrected chi connectivity index (χ2v) is 7.24. The first-order valence-corrected chi connectivity index (χ1v) is 9.51. The first-order valence-electron chi connectivity index (χ1n) is 9.51. The average molecular weight is 430 g/mol. The number of fused-ring (bicyclic) bond motifs is 2. The molecule has 0 fully saturated rings. The number of carbonyl (C=O) groups excluding carboxylic acids is 3. The zero-order valence-electron chi connectivity index (χ0n) is 16.1. The number of amides is 2. The molecule has 10 heteroatoms. The molecule has 0 saturated carbocycles. The second-order valence-electron chi connectivity index (χ2n) is 7.24. The highest BCUT2D eigenvalue weighted by atomic mass is 19.4. The molecule has 3 N–H and O–H groups in total. The van der Waals surface area contributed by atoms with Crippen molar-refractivity contribution >= 4 is 39.9 Å². The third kappa shape index (κ3) is 4.42. The number of hydrogen-bond acceptors (Lipinski definition) is 4. The monoisotopic (exact) mass is 430 g/mol. The Balaban J connectivity index is 1.42. The van der Waals surface area contributed by atoms with E-state index in [4.69, 9.17) is 0 Å². The number of benzene rings is 2. The van der Waals surface area contributed by atoms with Gasteiger partial charge in [0.1, 0.15) is 0 Å². The molecular formula is C21H17F3N4O3. The lowest BCUT2D eigenvalue weighted by atomic mass is 9.97. The molecule has 0 unspecified atom stereocenters. The van der Waals surface area contributed by atoms with Crippen molar-refractivity contribution in [3.05, 3.63) is 53.2 Å². The van der Waals surface area contributed by atoms with Crippen LogP contribution in [0.5, 0.6) is 0 Å². The molecule has 0 atom stereocenters. The third-order valence-electron chi connectivity index (χ3n) is 5.05. The maximum absolute atomic E-state index is 13.3. The third-order valence-corrected chi connectivity index (χ3v) is 5.05. The molecular weight excluding hydrogens is 413 g/mol. The van der Waals surface area contributed by atoms with Gasteiger partial charge < -0.3 is 10.6 Å². The summed E-state index contributed by atoms with van der Waals surface area (Å²) in [6, 6.07) is 7.12. The van der Waals surface area contributed by atoms with Crippen LogP contribution >= 0.6 is 0 Å². The van der Waals surface area contributed by atoms with Gasteiger partial charge in [-0.15, -0.1) is 0 Å². The fourth-order valence-corrected chi connectivity index (χ4v) is 3.51. The summed E-state index contributed by atoms with van der Waals surface area (Å²) < 4.78 is 39.8. The van der Waals surface area contributed by atoms with E-state index < -0.39 is 17.6 Å². The largest absolute Gasteiger partial charge is 0.417 e. The van der Waals surface area contributed by atoms with E-state index in [9.17, 15) is 27.6 Å². The number of alkyl halides is 3. The molecule has 0 bridgehead atoms. The maximum Gasteiger partial charge on any atom is 0.417 e. The lowest BCUT2D eigenvalue weighted by Crippen LogP contribution is -2.19. The Morgan fingerprint density at radius 2 is 1.90 bits per heavy atom. The molecule has 160 valence electrons. The number of ketones is 1. The predicted octanol–water partition coefficient (Wildman–Crippen LogP) is 4.07. The van der Waals surface area contributed by atoms with Gasteiger partial charge in [-0.3, -0.25) is 19.5 Å². The smallest absolute Gasteiger partial charge is 0.326 e. The van der Waals surface area contributed by atoms with Gasteiger partial charge in [-0.25, -0.2) is 0 Å². The number of aryl methyl sites for hydroxylation is 1. The summed E-state index contributed by atoms with van der Waals surface area (Å²) in [4.78, 5) is 36.1. The number of halogens is 3. The molecule has 3 aromatic rings. The maximum atomic E-state index is 13.3. The molecule has 1 aliphatic heterocycles. The molecule has 31 heavy (non-hydrogen) atoms. The minimum atomic E-state index is -4.61. The summed E-state index contributed by atoms with van der Waals surface area (Å²) in [5.74, 6) is -0.925. The highest BCUT2D eigenvalue weighted by molar-refractivity contribution is 6.02. The Bertz CT molecular complexity index is 1200. The fourth-order valence-electron chi connectivity index (χ4n) is 3.51. The predicted molar refractivity (Wildman–Crippen MR) is 107 cm³/mol. The van der Waals surface area contributed by atoms with Crippen molar-refractivity contribution in [3.63, 3.8) is 0 Å². The number of aromatic amines is 1. The average Bonchev–Trinajstić information content (AvgIpc) is 3.18. The molecule has 0 saturated heterocycles. The summed E-state index contributed by atoms with van der Waals surface area (Å²) >= 11 is 0. The van der Waals surface area contributed by atoms with Crippen molar-refractivity contribution in [2.24, 2.45) is 0 Å². The highest BCUT2D eigenvalue weighted by Gasteiger charge is 2.33. The van der Waals surface area contributed by atoms with Gasteiger partial charge >= 0.3 is 6.18 Å². The van der Waals surface area contributed by atoms with E-state index in [1.807, 2.05) is 0 Å². The fraction of sp³-hybridized carbons (Fsp3) is 0.238. The van der Waals surface area contributed by atoms with Gasteiger partial charge in [0.2, 0.25) is 11.8 Å². The topological polar surface area (TPSA) is 104 Å².